The molecule has 0 amide bonds. The second-order valence-electron chi connectivity index (χ2n) is 5.54. The van der Waals surface area contributed by atoms with Crippen LogP contribution in [0.1, 0.15) is 36.5 Å². The maximum Gasteiger partial charge on any atom is 0.124 e. The largest absolute Gasteiger partial charge is 0.207 e. The van der Waals surface area contributed by atoms with Crippen LogP contribution in [0.25, 0.3) is 0 Å². The van der Waals surface area contributed by atoms with Gasteiger partial charge in [-0.05, 0) is 46.9 Å². The van der Waals surface area contributed by atoms with E-state index >= 15 is 0 Å². The minimum Gasteiger partial charge on any atom is -0.207 e. The average molecular weight is 290 g/mol. The lowest BCUT2D eigenvalue weighted by molar-refractivity contribution is 0.549. The van der Waals surface area contributed by atoms with Crippen molar-refractivity contribution in [3.8, 4) is 0 Å². The Bertz CT molecular complexity index is 596. The topological polar surface area (TPSA) is 0 Å². The Balaban J connectivity index is 2.21. The van der Waals surface area contributed by atoms with Gasteiger partial charge in [0.2, 0.25) is 0 Å². The molecule has 20 heavy (non-hydrogen) atoms. The molecule has 0 N–H and O–H groups in total. The van der Waals surface area contributed by atoms with Gasteiger partial charge in [0, 0.05) is 16.6 Å². The number of fused-ring (bicyclic) bond motifs is 2. The van der Waals surface area contributed by atoms with E-state index in [1.54, 1.807) is 23.9 Å². The third-order valence-corrected chi connectivity index (χ3v) is 4.92. The first kappa shape index (κ1) is 13.6. The van der Waals surface area contributed by atoms with Crippen molar-refractivity contribution in [2.75, 3.05) is 0 Å². The van der Waals surface area contributed by atoms with Gasteiger partial charge >= 0.3 is 0 Å². The van der Waals surface area contributed by atoms with Gasteiger partial charge in [0.25, 0.3) is 0 Å². The lowest BCUT2D eigenvalue weighted by Gasteiger charge is -2.23. The molecule has 1 aliphatic rings. The highest BCUT2D eigenvalue weighted by Gasteiger charge is 2.27. The van der Waals surface area contributed by atoms with Crippen LogP contribution in [0.15, 0.2) is 41.3 Å². The third-order valence-electron chi connectivity index (χ3n) is 3.80. The van der Waals surface area contributed by atoms with Crippen LogP contribution < -0.4 is 0 Å². The number of benzene rings is 2. The Morgan fingerprint density at radius 1 is 1.00 bits per heavy atom. The number of thioether (sulfide) groups is 1. The summed E-state index contributed by atoms with van der Waals surface area (Å²) in [4.78, 5) is 0.973. The minimum absolute atomic E-state index is 0.191. The van der Waals surface area contributed by atoms with Gasteiger partial charge in [-0.25, -0.2) is 8.78 Å². The molecule has 0 spiro atoms. The maximum absolute atomic E-state index is 13.5. The van der Waals surface area contributed by atoms with Crippen LogP contribution >= 0.6 is 11.8 Å². The minimum atomic E-state index is -0.212. The highest BCUT2D eigenvalue weighted by molar-refractivity contribution is 7.98. The molecule has 1 heterocycles. The SMILES string of the molecule is CC(C)[C@@H]1c2ccc(F)cc2CSc2cc(F)ccc21. The first-order chi connectivity index (χ1) is 9.56. The molecule has 0 fully saturated rings. The summed E-state index contributed by atoms with van der Waals surface area (Å²) in [6.07, 6.45) is 0. The van der Waals surface area contributed by atoms with Crippen LogP contribution in [0.3, 0.4) is 0 Å². The molecule has 2 aromatic carbocycles. The average Bonchev–Trinajstić information content (AvgIpc) is 2.55. The summed E-state index contributed by atoms with van der Waals surface area (Å²) in [5.41, 5.74) is 3.33. The van der Waals surface area contributed by atoms with E-state index in [-0.39, 0.29) is 17.6 Å². The van der Waals surface area contributed by atoms with Crippen molar-refractivity contribution in [1.82, 2.24) is 0 Å². The molecule has 0 unspecified atom stereocenters. The quantitative estimate of drug-likeness (QED) is 0.681. The van der Waals surface area contributed by atoms with Crippen LogP contribution in [-0.4, -0.2) is 0 Å². The van der Waals surface area contributed by atoms with E-state index in [9.17, 15) is 8.78 Å². The van der Waals surface area contributed by atoms with E-state index in [1.165, 1.54) is 17.7 Å². The van der Waals surface area contributed by atoms with Crippen molar-refractivity contribution >= 4 is 11.8 Å². The van der Waals surface area contributed by atoms with E-state index in [0.29, 0.717) is 11.7 Å². The van der Waals surface area contributed by atoms with E-state index in [0.717, 1.165) is 16.0 Å². The molecule has 0 radical (unpaired) electrons. The fraction of sp³-hybridized carbons (Fsp3) is 0.294. The van der Waals surface area contributed by atoms with E-state index in [1.807, 2.05) is 12.1 Å². The number of hydrogen-bond donors (Lipinski definition) is 0. The first-order valence-corrected chi connectivity index (χ1v) is 7.75. The van der Waals surface area contributed by atoms with E-state index in [4.69, 9.17) is 0 Å². The van der Waals surface area contributed by atoms with Crippen LogP contribution in [0, 0.1) is 17.6 Å². The Labute approximate surface area is 122 Å². The summed E-state index contributed by atoms with van der Waals surface area (Å²) in [7, 11) is 0. The van der Waals surface area contributed by atoms with Crippen molar-refractivity contribution in [3.05, 3.63) is 64.7 Å². The zero-order valence-corrected chi connectivity index (χ0v) is 12.3. The summed E-state index contributed by atoms with van der Waals surface area (Å²) < 4.78 is 27.0. The predicted octanol–water partition coefficient (Wildman–Crippen LogP) is 5.36. The van der Waals surface area contributed by atoms with Gasteiger partial charge in [0.05, 0.1) is 0 Å². The molecule has 3 heteroatoms. The third kappa shape index (κ3) is 2.35. The second kappa shape index (κ2) is 5.21. The number of rotatable bonds is 1. The van der Waals surface area contributed by atoms with E-state index < -0.39 is 0 Å². The molecule has 2 aromatic rings. The zero-order chi connectivity index (χ0) is 14.3. The van der Waals surface area contributed by atoms with Gasteiger partial charge < -0.3 is 0 Å². The summed E-state index contributed by atoms with van der Waals surface area (Å²) in [5.74, 6) is 0.838. The molecule has 1 atom stereocenters. The maximum atomic E-state index is 13.5. The van der Waals surface area contributed by atoms with Crippen LogP contribution in [0.4, 0.5) is 8.78 Å². The molecule has 3 rings (SSSR count). The highest BCUT2D eigenvalue weighted by Crippen LogP contribution is 2.44. The fourth-order valence-corrected chi connectivity index (χ4v) is 4.05. The Kier molecular flexibility index (Phi) is 3.55. The van der Waals surface area contributed by atoms with Crippen LogP contribution in [0.2, 0.25) is 0 Å². The van der Waals surface area contributed by atoms with Gasteiger partial charge in [-0.2, -0.15) is 0 Å². The normalized spacial score (nSPS) is 17.6. The Morgan fingerprint density at radius 3 is 2.35 bits per heavy atom. The van der Waals surface area contributed by atoms with Crippen molar-refractivity contribution in [3.63, 3.8) is 0 Å². The van der Waals surface area contributed by atoms with Gasteiger partial charge in [-0.1, -0.05) is 26.0 Å². The Hall–Kier alpha value is -1.35. The predicted molar refractivity (Wildman–Crippen MR) is 79.0 cm³/mol. The summed E-state index contributed by atoms with van der Waals surface area (Å²) in [6.45, 7) is 4.31. The van der Waals surface area contributed by atoms with Gasteiger partial charge in [-0.3, -0.25) is 0 Å². The molecule has 0 aliphatic carbocycles. The van der Waals surface area contributed by atoms with Gasteiger partial charge in [0.1, 0.15) is 11.6 Å². The smallest absolute Gasteiger partial charge is 0.124 e. The molecule has 1 aliphatic heterocycles. The van der Waals surface area contributed by atoms with Crippen molar-refractivity contribution in [2.45, 2.75) is 30.4 Å². The molecular weight excluding hydrogens is 274 g/mol. The van der Waals surface area contributed by atoms with E-state index in [2.05, 4.69) is 13.8 Å². The highest BCUT2D eigenvalue weighted by atomic mass is 32.2. The second-order valence-corrected chi connectivity index (χ2v) is 6.55. The fourth-order valence-electron chi connectivity index (χ4n) is 2.93. The lowest BCUT2D eigenvalue weighted by atomic mass is 9.81. The standard InChI is InChI=1S/C17H16F2S/c1-10(2)17-14-5-3-12(18)7-11(14)9-20-16-8-13(19)4-6-15(16)17/h3-8,10,17H,9H2,1-2H3/t17-/m1/s1. The molecule has 0 aromatic heterocycles. The molecule has 0 saturated carbocycles. The summed E-state index contributed by atoms with van der Waals surface area (Å²) in [6, 6.07) is 10.0. The lowest BCUT2D eigenvalue weighted by Crippen LogP contribution is -2.10. The molecular formula is C17H16F2S. The monoisotopic (exact) mass is 290 g/mol. The number of hydrogen-bond acceptors (Lipinski definition) is 1. The van der Waals surface area contributed by atoms with Crippen molar-refractivity contribution in [2.24, 2.45) is 5.92 Å². The first-order valence-electron chi connectivity index (χ1n) is 6.77. The van der Waals surface area contributed by atoms with Crippen molar-refractivity contribution < 1.29 is 8.78 Å². The Morgan fingerprint density at radius 2 is 1.65 bits per heavy atom. The zero-order valence-electron chi connectivity index (χ0n) is 11.5. The molecule has 0 nitrogen and oxygen atoms in total. The van der Waals surface area contributed by atoms with Gasteiger partial charge in [0.15, 0.2) is 0 Å². The van der Waals surface area contributed by atoms with Crippen LogP contribution in [-0.2, 0) is 5.75 Å². The van der Waals surface area contributed by atoms with Crippen molar-refractivity contribution in [1.29, 1.82) is 0 Å². The molecule has 0 saturated heterocycles. The number of halogens is 2. The van der Waals surface area contributed by atoms with Crippen LogP contribution in [0.5, 0.6) is 0 Å². The molecule has 0 bridgehead atoms. The summed E-state index contributed by atoms with van der Waals surface area (Å²) >= 11 is 1.59. The van der Waals surface area contributed by atoms with Gasteiger partial charge in [-0.15, -0.1) is 11.8 Å². The molecule has 104 valence electrons. The summed E-state index contributed by atoms with van der Waals surface area (Å²) in [5, 5.41) is 0.